The highest BCUT2D eigenvalue weighted by Gasteiger charge is 2.39. The molecule has 3 heterocycles. The maximum Gasteiger partial charge on any atom is 0.256 e. The molecule has 1 fully saturated rings. The third-order valence-corrected chi connectivity index (χ3v) is 3.64. The van der Waals surface area contributed by atoms with Crippen LogP contribution in [0.25, 0.3) is 0 Å². The number of amides is 3. The monoisotopic (exact) mass is 277 g/mol. The quantitative estimate of drug-likeness (QED) is 0.578. The van der Waals surface area contributed by atoms with Crippen LogP contribution in [0, 0.1) is 4.64 Å². The summed E-state index contributed by atoms with van der Waals surface area (Å²) in [5.74, 6) is -0.892. The van der Waals surface area contributed by atoms with Crippen LogP contribution >= 0.6 is 12.2 Å². The standard InChI is InChI=1S/C12H11N3O3S/c16-9-3-2-8(11(17)14-9)15-5-7-6(12(15)18)1-4-10(19)13-7/h1,4,8H,2-3,5H2,(H,13,19)(H,14,16,17). The van der Waals surface area contributed by atoms with E-state index in [2.05, 4.69) is 10.3 Å². The molecule has 0 aliphatic carbocycles. The van der Waals surface area contributed by atoms with E-state index in [1.807, 2.05) is 0 Å². The minimum atomic E-state index is -0.584. The zero-order chi connectivity index (χ0) is 13.6. The van der Waals surface area contributed by atoms with Gasteiger partial charge in [-0.05, 0) is 18.6 Å². The highest BCUT2D eigenvalue weighted by Crippen LogP contribution is 2.25. The number of piperidine rings is 1. The number of aromatic nitrogens is 1. The summed E-state index contributed by atoms with van der Waals surface area (Å²) in [5, 5.41) is 2.26. The van der Waals surface area contributed by atoms with Gasteiger partial charge in [-0.2, -0.15) is 0 Å². The Balaban J connectivity index is 1.89. The topological polar surface area (TPSA) is 82.3 Å². The summed E-state index contributed by atoms with van der Waals surface area (Å²) in [6.45, 7) is 0.324. The van der Waals surface area contributed by atoms with Crippen LogP contribution < -0.4 is 5.32 Å². The number of carbonyl (C=O) groups is 3. The molecule has 3 amide bonds. The van der Waals surface area contributed by atoms with Gasteiger partial charge in [0.05, 0.1) is 12.1 Å². The number of carbonyl (C=O) groups excluding carboxylic acids is 3. The van der Waals surface area contributed by atoms with Crippen LogP contribution in [0.1, 0.15) is 28.9 Å². The third-order valence-electron chi connectivity index (χ3n) is 3.41. The first-order valence-corrected chi connectivity index (χ1v) is 6.34. The minimum absolute atomic E-state index is 0.198. The first kappa shape index (κ1) is 12.0. The van der Waals surface area contributed by atoms with Gasteiger partial charge in [0.1, 0.15) is 10.7 Å². The molecule has 2 aliphatic heterocycles. The van der Waals surface area contributed by atoms with Crippen molar-refractivity contribution >= 4 is 29.9 Å². The molecule has 7 heteroatoms. The molecular weight excluding hydrogens is 266 g/mol. The lowest BCUT2D eigenvalue weighted by atomic mass is 10.0. The predicted molar refractivity (Wildman–Crippen MR) is 67.7 cm³/mol. The summed E-state index contributed by atoms with van der Waals surface area (Å²) < 4.78 is 0.552. The number of hydrogen-bond donors (Lipinski definition) is 2. The van der Waals surface area contributed by atoms with E-state index >= 15 is 0 Å². The summed E-state index contributed by atoms with van der Waals surface area (Å²) in [6.07, 6.45) is 0.623. The van der Waals surface area contributed by atoms with Gasteiger partial charge in [0, 0.05) is 12.1 Å². The van der Waals surface area contributed by atoms with Crippen molar-refractivity contribution in [3.05, 3.63) is 28.0 Å². The van der Waals surface area contributed by atoms with Crippen molar-refractivity contribution in [2.75, 3.05) is 0 Å². The SMILES string of the molecule is O=C1CCC(N2Cc3[nH]c(=S)ccc3C2=O)C(=O)N1. The van der Waals surface area contributed by atoms with Gasteiger partial charge in [-0.15, -0.1) is 0 Å². The predicted octanol–water partition coefficient (Wildman–Crippen LogP) is 0.505. The van der Waals surface area contributed by atoms with Crippen LogP contribution in [0.3, 0.4) is 0 Å². The maximum atomic E-state index is 12.2. The Morgan fingerprint density at radius 3 is 2.79 bits per heavy atom. The molecule has 1 aromatic heterocycles. The van der Waals surface area contributed by atoms with E-state index in [1.54, 1.807) is 12.1 Å². The first-order chi connectivity index (χ1) is 9.06. The molecule has 2 N–H and O–H groups in total. The highest BCUT2D eigenvalue weighted by atomic mass is 32.1. The Morgan fingerprint density at radius 1 is 1.26 bits per heavy atom. The Hall–Kier alpha value is -2.02. The third kappa shape index (κ3) is 1.95. The first-order valence-electron chi connectivity index (χ1n) is 5.93. The molecule has 2 aliphatic rings. The molecule has 0 saturated carbocycles. The number of hydrogen-bond acceptors (Lipinski definition) is 4. The molecular formula is C12H11N3O3S. The van der Waals surface area contributed by atoms with Crippen LogP contribution in [0.15, 0.2) is 12.1 Å². The number of H-pyrrole nitrogens is 1. The Morgan fingerprint density at radius 2 is 2.05 bits per heavy atom. The molecule has 98 valence electrons. The molecule has 0 bridgehead atoms. The molecule has 3 rings (SSSR count). The Bertz CT molecular complexity index is 652. The van der Waals surface area contributed by atoms with Crippen molar-refractivity contribution in [2.24, 2.45) is 0 Å². The minimum Gasteiger partial charge on any atom is -0.348 e. The molecule has 1 aromatic rings. The van der Waals surface area contributed by atoms with E-state index in [-0.39, 0.29) is 18.2 Å². The zero-order valence-corrected chi connectivity index (χ0v) is 10.8. The number of nitrogens with zero attached hydrogens (tertiary/aromatic N) is 1. The average Bonchev–Trinajstić information content (AvgIpc) is 2.66. The van der Waals surface area contributed by atoms with Crippen molar-refractivity contribution in [2.45, 2.75) is 25.4 Å². The van der Waals surface area contributed by atoms with Gasteiger partial charge >= 0.3 is 0 Å². The fraction of sp³-hybridized carbons (Fsp3) is 0.333. The molecule has 1 saturated heterocycles. The number of rotatable bonds is 1. The van der Waals surface area contributed by atoms with Crippen molar-refractivity contribution in [3.8, 4) is 0 Å². The molecule has 19 heavy (non-hydrogen) atoms. The zero-order valence-electron chi connectivity index (χ0n) is 9.93. The van der Waals surface area contributed by atoms with Gasteiger partial charge in [-0.3, -0.25) is 19.7 Å². The molecule has 0 spiro atoms. The van der Waals surface area contributed by atoms with Crippen molar-refractivity contribution in [1.82, 2.24) is 15.2 Å². The van der Waals surface area contributed by atoms with Crippen LogP contribution in [-0.4, -0.2) is 33.6 Å². The summed E-state index contributed by atoms with van der Waals surface area (Å²) in [7, 11) is 0. The molecule has 1 unspecified atom stereocenters. The van der Waals surface area contributed by atoms with Crippen LogP contribution in [0.5, 0.6) is 0 Å². The molecule has 1 atom stereocenters. The molecule has 6 nitrogen and oxygen atoms in total. The lowest BCUT2D eigenvalue weighted by Crippen LogP contribution is -2.52. The van der Waals surface area contributed by atoms with Crippen LogP contribution in [0.4, 0.5) is 0 Å². The number of aromatic amines is 1. The fourth-order valence-electron chi connectivity index (χ4n) is 2.47. The number of imide groups is 1. The fourth-order valence-corrected chi connectivity index (χ4v) is 2.66. The van der Waals surface area contributed by atoms with Gasteiger partial charge in [-0.1, -0.05) is 12.2 Å². The van der Waals surface area contributed by atoms with Gasteiger partial charge in [0.2, 0.25) is 11.8 Å². The summed E-state index contributed by atoms with van der Waals surface area (Å²) in [5.41, 5.74) is 1.26. The van der Waals surface area contributed by atoms with E-state index < -0.39 is 11.9 Å². The van der Waals surface area contributed by atoms with Gasteiger partial charge in [0.15, 0.2) is 0 Å². The van der Waals surface area contributed by atoms with Crippen molar-refractivity contribution in [1.29, 1.82) is 0 Å². The van der Waals surface area contributed by atoms with Crippen LogP contribution in [0.2, 0.25) is 0 Å². The Labute approximate surface area is 113 Å². The largest absolute Gasteiger partial charge is 0.348 e. The van der Waals surface area contributed by atoms with E-state index in [0.717, 1.165) is 5.69 Å². The number of fused-ring (bicyclic) bond motifs is 1. The normalized spacial score (nSPS) is 22.4. The summed E-state index contributed by atoms with van der Waals surface area (Å²) >= 11 is 5.02. The Kier molecular flexibility index (Phi) is 2.70. The van der Waals surface area contributed by atoms with Crippen molar-refractivity contribution in [3.63, 3.8) is 0 Å². The van der Waals surface area contributed by atoms with E-state index in [1.165, 1.54) is 4.90 Å². The van der Waals surface area contributed by atoms with Crippen molar-refractivity contribution < 1.29 is 14.4 Å². The van der Waals surface area contributed by atoms with E-state index in [0.29, 0.717) is 23.2 Å². The number of nitrogens with one attached hydrogen (secondary N) is 2. The number of pyridine rings is 1. The summed E-state index contributed by atoms with van der Waals surface area (Å²) in [6, 6.07) is 2.74. The smallest absolute Gasteiger partial charge is 0.256 e. The summed E-state index contributed by atoms with van der Waals surface area (Å²) in [4.78, 5) is 39.6. The average molecular weight is 277 g/mol. The second kappa shape index (κ2) is 4.27. The van der Waals surface area contributed by atoms with Gasteiger partial charge in [-0.25, -0.2) is 0 Å². The van der Waals surface area contributed by atoms with Gasteiger partial charge in [0.25, 0.3) is 5.91 Å². The van der Waals surface area contributed by atoms with E-state index in [4.69, 9.17) is 12.2 Å². The van der Waals surface area contributed by atoms with Gasteiger partial charge < -0.3 is 9.88 Å². The second-order valence-electron chi connectivity index (χ2n) is 4.61. The second-order valence-corrected chi connectivity index (χ2v) is 5.05. The van der Waals surface area contributed by atoms with Crippen LogP contribution in [-0.2, 0) is 16.1 Å². The lowest BCUT2D eigenvalue weighted by molar-refractivity contribution is -0.136. The molecule has 0 aromatic carbocycles. The molecule has 0 radical (unpaired) electrons. The lowest BCUT2D eigenvalue weighted by Gasteiger charge is -2.29. The maximum absolute atomic E-state index is 12.2. The van der Waals surface area contributed by atoms with E-state index in [9.17, 15) is 14.4 Å². The highest BCUT2D eigenvalue weighted by molar-refractivity contribution is 7.71.